The second-order valence-corrected chi connectivity index (χ2v) is 6.48. The first-order valence-corrected chi connectivity index (χ1v) is 8.02. The van der Waals surface area contributed by atoms with Gasteiger partial charge in [0.2, 0.25) is 0 Å². The van der Waals surface area contributed by atoms with E-state index in [0.717, 1.165) is 35.7 Å². The van der Waals surface area contributed by atoms with E-state index in [0.29, 0.717) is 5.69 Å². The Balaban J connectivity index is 2.12. The smallest absolute Gasteiger partial charge is 0.341 e. The number of aromatic carboxylic acids is 1. The fourth-order valence-electron chi connectivity index (χ4n) is 2.80. The van der Waals surface area contributed by atoms with Crippen LogP contribution in [0.5, 0.6) is 0 Å². The number of carboxylic acids is 1. The van der Waals surface area contributed by atoms with Crippen LogP contribution in [0.4, 0.5) is 0 Å². The van der Waals surface area contributed by atoms with Gasteiger partial charge in [-0.2, -0.15) is 5.10 Å². The Hall–Kier alpha value is -1.33. The highest BCUT2D eigenvalue weighted by molar-refractivity contribution is 9.10. The predicted octanol–water partition coefficient (Wildman–Crippen LogP) is 4.78. The average molecular weight is 370 g/mol. The van der Waals surface area contributed by atoms with Crippen molar-refractivity contribution >= 4 is 33.5 Å². The largest absolute Gasteiger partial charge is 0.478 e. The number of carboxylic acid groups (broad SMARTS) is 1. The third-order valence-electron chi connectivity index (χ3n) is 3.85. The summed E-state index contributed by atoms with van der Waals surface area (Å²) in [6.07, 6.45) is 4.27. The number of rotatable bonds is 3. The van der Waals surface area contributed by atoms with Gasteiger partial charge in [0.15, 0.2) is 0 Å². The molecule has 0 unspecified atom stereocenters. The summed E-state index contributed by atoms with van der Waals surface area (Å²) in [6, 6.07) is 7.62. The van der Waals surface area contributed by atoms with Gasteiger partial charge in [-0.25, -0.2) is 9.48 Å². The molecule has 0 spiro atoms. The van der Waals surface area contributed by atoms with Crippen molar-refractivity contribution in [3.63, 3.8) is 0 Å². The van der Waals surface area contributed by atoms with Crippen LogP contribution in [0.3, 0.4) is 0 Å². The maximum absolute atomic E-state index is 11.6. The highest BCUT2D eigenvalue weighted by Crippen LogP contribution is 2.36. The molecule has 1 fully saturated rings. The lowest BCUT2D eigenvalue weighted by molar-refractivity contribution is 0.0697. The summed E-state index contributed by atoms with van der Waals surface area (Å²) in [7, 11) is 0. The lowest BCUT2D eigenvalue weighted by Gasteiger charge is -2.10. The standard InChI is InChI=1S/C15H14BrClN2O2/c16-10-7-5-9(6-8-10)13-12(15(20)21)14(17)19(18-13)11-3-1-2-4-11/h5-8,11H,1-4H2,(H,20,21). The van der Waals surface area contributed by atoms with Crippen LogP contribution in [-0.4, -0.2) is 20.9 Å². The monoisotopic (exact) mass is 368 g/mol. The highest BCUT2D eigenvalue weighted by atomic mass is 79.9. The van der Waals surface area contributed by atoms with Crippen molar-refractivity contribution in [3.05, 3.63) is 39.5 Å². The van der Waals surface area contributed by atoms with Crippen molar-refractivity contribution in [3.8, 4) is 11.3 Å². The minimum absolute atomic E-state index is 0.0888. The highest BCUT2D eigenvalue weighted by Gasteiger charge is 2.28. The van der Waals surface area contributed by atoms with Gasteiger partial charge in [0.05, 0.1) is 6.04 Å². The Morgan fingerprint density at radius 3 is 2.48 bits per heavy atom. The molecule has 3 rings (SSSR count). The molecule has 110 valence electrons. The Bertz CT molecular complexity index is 676. The zero-order valence-electron chi connectivity index (χ0n) is 11.2. The van der Waals surface area contributed by atoms with Crippen LogP contribution in [0.2, 0.25) is 5.15 Å². The van der Waals surface area contributed by atoms with Gasteiger partial charge >= 0.3 is 5.97 Å². The molecule has 6 heteroatoms. The first kappa shape index (κ1) is 14.6. The number of aromatic nitrogens is 2. The SMILES string of the molecule is O=C(O)c1c(-c2ccc(Br)cc2)nn(C2CCCC2)c1Cl. The summed E-state index contributed by atoms with van der Waals surface area (Å²) in [4.78, 5) is 11.6. The van der Waals surface area contributed by atoms with Crippen LogP contribution in [0.15, 0.2) is 28.7 Å². The normalized spacial score (nSPS) is 15.5. The quantitative estimate of drug-likeness (QED) is 0.847. The number of halogens is 2. The van der Waals surface area contributed by atoms with Gasteiger partial charge in [-0.3, -0.25) is 0 Å². The molecule has 0 bridgehead atoms. The Labute approximate surface area is 135 Å². The van der Waals surface area contributed by atoms with Crippen LogP contribution in [-0.2, 0) is 0 Å². The predicted molar refractivity (Wildman–Crippen MR) is 84.8 cm³/mol. The van der Waals surface area contributed by atoms with Crippen molar-refractivity contribution in [2.75, 3.05) is 0 Å². The molecule has 1 aliphatic carbocycles. The molecule has 1 aromatic heterocycles. The molecule has 1 saturated carbocycles. The molecule has 0 atom stereocenters. The number of hydrogen-bond acceptors (Lipinski definition) is 2. The summed E-state index contributed by atoms with van der Waals surface area (Å²) in [5.41, 5.74) is 1.28. The fraction of sp³-hybridized carbons (Fsp3) is 0.333. The van der Waals surface area contributed by atoms with Gasteiger partial charge < -0.3 is 5.11 Å². The van der Waals surface area contributed by atoms with Gasteiger partial charge in [0.25, 0.3) is 0 Å². The van der Waals surface area contributed by atoms with E-state index in [-0.39, 0.29) is 16.8 Å². The van der Waals surface area contributed by atoms with Gasteiger partial charge in [0, 0.05) is 10.0 Å². The van der Waals surface area contributed by atoms with Crippen molar-refractivity contribution in [2.45, 2.75) is 31.7 Å². The Morgan fingerprint density at radius 2 is 1.90 bits per heavy atom. The van der Waals surface area contributed by atoms with E-state index >= 15 is 0 Å². The average Bonchev–Trinajstić information content (AvgIpc) is 3.06. The third kappa shape index (κ3) is 2.72. The molecule has 21 heavy (non-hydrogen) atoms. The van der Waals surface area contributed by atoms with E-state index in [1.165, 1.54) is 0 Å². The molecular weight excluding hydrogens is 356 g/mol. The van der Waals surface area contributed by atoms with Crippen LogP contribution in [0.25, 0.3) is 11.3 Å². The first-order valence-electron chi connectivity index (χ1n) is 6.85. The fourth-order valence-corrected chi connectivity index (χ4v) is 3.41. The molecule has 0 amide bonds. The number of carbonyl (C=O) groups is 1. The Morgan fingerprint density at radius 1 is 1.29 bits per heavy atom. The van der Waals surface area contributed by atoms with Gasteiger partial charge in [-0.15, -0.1) is 0 Å². The molecule has 4 nitrogen and oxygen atoms in total. The third-order valence-corrected chi connectivity index (χ3v) is 4.74. The number of benzene rings is 1. The van der Waals surface area contributed by atoms with Crippen LogP contribution in [0, 0.1) is 0 Å². The number of nitrogens with zero attached hydrogens (tertiary/aromatic N) is 2. The molecule has 0 aliphatic heterocycles. The summed E-state index contributed by atoms with van der Waals surface area (Å²) >= 11 is 9.67. The van der Waals surface area contributed by atoms with E-state index < -0.39 is 5.97 Å². The topological polar surface area (TPSA) is 55.1 Å². The summed E-state index contributed by atoms with van der Waals surface area (Å²) in [5.74, 6) is -1.04. The molecule has 0 radical (unpaired) electrons. The molecule has 0 saturated heterocycles. The summed E-state index contributed by atoms with van der Waals surface area (Å²) < 4.78 is 2.62. The lowest BCUT2D eigenvalue weighted by atomic mass is 10.1. The minimum atomic E-state index is -1.04. The summed E-state index contributed by atoms with van der Waals surface area (Å²) in [6.45, 7) is 0. The molecule has 1 aliphatic rings. The van der Waals surface area contributed by atoms with E-state index in [2.05, 4.69) is 21.0 Å². The van der Waals surface area contributed by atoms with Gasteiger partial charge in [-0.05, 0) is 25.0 Å². The van der Waals surface area contributed by atoms with E-state index in [1.807, 2.05) is 24.3 Å². The zero-order valence-corrected chi connectivity index (χ0v) is 13.6. The van der Waals surface area contributed by atoms with Gasteiger partial charge in [0.1, 0.15) is 16.4 Å². The van der Waals surface area contributed by atoms with E-state index in [1.54, 1.807) is 4.68 Å². The molecule has 1 aromatic carbocycles. The van der Waals surface area contributed by atoms with Crippen molar-refractivity contribution < 1.29 is 9.90 Å². The Kier molecular flexibility index (Phi) is 4.04. The molecule has 2 aromatic rings. The van der Waals surface area contributed by atoms with Crippen LogP contribution < -0.4 is 0 Å². The molecule has 1 N–H and O–H groups in total. The second kappa shape index (κ2) is 5.81. The van der Waals surface area contributed by atoms with Crippen molar-refractivity contribution in [1.82, 2.24) is 9.78 Å². The van der Waals surface area contributed by atoms with E-state index in [4.69, 9.17) is 11.6 Å². The second-order valence-electron chi connectivity index (χ2n) is 5.21. The first-order chi connectivity index (χ1) is 10.1. The van der Waals surface area contributed by atoms with Gasteiger partial charge in [-0.1, -0.05) is 52.5 Å². The maximum atomic E-state index is 11.6. The minimum Gasteiger partial charge on any atom is -0.478 e. The van der Waals surface area contributed by atoms with Crippen LogP contribution in [0.1, 0.15) is 42.1 Å². The zero-order chi connectivity index (χ0) is 15.0. The number of hydrogen-bond donors (Lipinski definition) is 1. The maximum Gasteiger partial charge on any atom is 0.341 e. The lowest BCUT2D eigenvalue weighted by Crippen LogP contribution is -2.07. The van der Waals surface area contributed by atoms with Crippen LogP contribution >= 0.6 is 27.5 Å². The molecule has 1 heterocycles. The van der Waals surface area contributed by atoms with Crippen molar-refractivity contribution in [1.29, 1.82) is 0 Å². The summed E-state index contributed by atoms with van der Waals surface area (Å²) in [5, 5.41) is 14.2. The van der Waals surface area contributed by atoms with Crippen molar-refractivity contribution in [2.24, 2.45) is 0 Å². The molecular formula is C15H14BrClN2O2. The van der Waals surface area contributed by atoms with E-state index in [9.17, 15) is 9.90 Å².